The number of piperidine rings is 1. The van der Waals surface area contributed by atoms with Crippen LogP contribution in [0.1, 0.15) is 18.4 Å². The number of carbonyl (C=O) groups is 1. The highest BCUT2D eigenvalue weighted by atomic mass is 19.3. The zero-order valence-corrected chi connectivity index (χ0v) is 10.6. The number of nitrogens with zero attached hydrogens (tertiary/aromatic N) is 1. The summed E-state index contributed by atoms with van der Waals surface area (Å²) in [7, 11) is 0. The minimum atomic E-state index is -2.29. The van der Waals surface area contributed by atoms with Crippen LogP contribution in [0.15, 0.2) is 30.3 Å². The number of rotatable bonds is 3. The first-order valence-corrected chi connectivity index (χ1v) is 6.40. The predicted molar refractivity (Wildman–Crippen MR) is 66.9 cm³/mol. The molecule has 0 aliphatic carbocycles. The number of benzene rings is 1. The summed E-state index contributed by atoms with van der Waals surface area (Å²) in [5.41, 5.74) is 0.915. The Labute approximate surface area is 111 Å². The molecule has 0 aromatic heterocycles. The van der Waals surface area contributed by atoms with Gasteiger partial charge in [0.2, 0.25) is 6.43 Å². The molecule has 0 bridgehead atoms. The molecule has 1 aromatic rings. The van der Waals surface area contributed by atoms with Crippen LogP contribution >= 0.6 is 0 Å². The third kappa shape index (κ3) is 3.91. The second kappa shape index (κ2) is 6.50. The van der Waals surface area contributed by atoms with Crippen LogP contribution in [0, 0.1) is 5.92 Å². The minimum Gasteiger partial charge on any atom is -0.445 e. The van der Waals surface area contributed by atoms with Gasteiger partial charge in [-0.25, -0.2) is 13.6 Å². The number of ether oxygens (including phenoxy) is 1. The monoisotopic (exact) mass is 269 g/mol. The molecule has 1 aliphatic heterocycles. The molecule has 1 amide bonds. The maximum Gasteiger partial charge on any atom is 0.410 e. The second-order valence-corrected chi connectivity index (χ2v) is 4.70. The van der Waals surface area contributed by atoms with E-state index in [1.54, 1.807) is 0 Å². The molecule has 1 heterocycles. The predicted octanol–water partition coefficient (Wildman–Crippen LogP) is 3.30. The van der Waals surface area contributed by atoms with E-state index in [1.807, 2.05) is 30.3 Å². The molecule has 1 aromatic carbocycles. The van der Waals surface area contributed by atoms with Gasteiger partial charge >= 0.3 is 6.09 Å². The Balaban J connectivity index is 1.76. The molecule has 1 fully saturated rings. The number of likely N-dealkylation sites (tertiary alicyclic amines) is 1. The molecule has 1 aliphatic rings. The minimum absolute atomic E-state index is 0.217. The Kier molecular flexibility index (Phi) is 4.71. The lowest BCUT2D eigenvalue weighted by atomic mass is 9.98. The Bertz CT molecular complexity index is 403. The van der Waals surface area contributed by atoms with Gasteiger partial charge in [-0.15, -0.1) is 0 Å². The molecule has 19 heavy (non-hydrogen) atoms. The van der Waals surface area contributed by atoms with Gasteiger partial charge in [-0.2, -0.15) is 0 Å². The fraction of sp³-hybridized carbons (Fsp3) is 0.500. The lowest BCUT2D eigenvalue weighted by Crippen LogP contribution is -2.40. The fourth-order valence-corrected chi connectivity index (χ4v) is 2.14. The third-order valence-corrected chi connectivity index (χ3v) is 3.36. The van der Waals surface area contributed by atoms with E-state index in [-0.39, 0.29) is 6.61 Å². The lowest BCUT2D eigenvalue weighted by Gasteiger charge is -2.30. The van der Waals surface area contributed by atoms with Crippen molar-refractivity contribution in [3.63, 3.8) is 0 Å². The fourth-order valence-electron chi connectivity index (χ4n) is 2.14. The van der Waals surface area contributed by atoms with Crippen molar-refractivity contribution in [1.29, 1.82) is 0 Å². The highest BCUT2D eigenvalue weighted by Gasteiger charge is 2.28. The molecule has 3 nitrogen and oxygen atoms in total. The third-order valence-electron chi connectivity index (χ3n) is 3.36. The van der Waals surface area contributed by atoms with Crippen LogP contribution in [0.5, 0.6) is 0 Å². The van der Waals surface area contributed by atoms with Crippen molar-refractivity contribution in [3.05, 3.63) is 35.9 Å². The Morgan fingerprint density at radius 1 is 1.26 bits per heavy atom. The topological polar surface area (TPSA) is 29.5 Å². The Hall–Kier alpha value is -1.65. The summed E-state index contributed by atoms with van der Waals surface area (Å²) in [6.45, 7) is 0.916. The maximum absolute atomic E-state index is 12.5. The van der Waals surface area contributed by atoms with Crippen LogP contribution in [0.25, 0.3) is 0 Å². The van der Waals surface area contributed by atoms with E-state index < -0.39 is 18.4 Å². The van der Waals surface area contributed by atoms with E-state index in [1.165, 1.54) is 4.90 Å². The van der Waals surface area contributed by atoms with Gasteiger partial charge in [-0.05, 0) is 18.4 Å². The van der Waals surface area contributed by atoms with Crippen LogP contribution in [-0.4, -0.2) is 30.5 Å². The second-order valence-electron chi connectivity index (χ2n) is 4.70. The van der Waals surface area contributed by atoms with Gasteiger partial charge < -0.3 is 9.64 Å². The summed E-state index contributed by atoms with van der Waals surface area (Å²) >= 11 is 0. The summed E-state index contributed by atoms with van der Waals surface area (Å²) in [6.07, 6.45) is -2.02. The van der Waals surface area contributed by atoms with Crippen molar-refractivity contribution in [2.75, 3.05) is 13.1 Å². The molecule has 0 saturated carbocycles. The van der Waals surface area contributed by atoms with Crippen molar-refractivity contribution < 1.29 is 18.3 Å². The van der Waals surface area contributed by atoms with E-state index in [0.717, 1.165) is 5.56 Å². The van der Waals surface area contributed by atoms with Gasteiger partial charge in [-0.3, -0.25) is 0 Å². The SMILES string of the molecule is O=C(OCc1ccccc1)N1CCC(C(F)F)CC1. The smallest absolute Gasteiger partial charge is 0.410 e. The zero-order valence-electron chi connectivity index (χ0n) is 10.6. The van der Waals surface area contributed by atoms with Crippen molar-refractivity contribution in [3.8, 4) is 0 Å². The molecule has 0 N–H and O–H groups in total. The normalized spacial score (nSPS) is 16.7. The molecular formula is C14H17F2NO2. The van der Waals surface area contributed by atoms with Crippen LogP contribution in [-0.2, 0) is 11.3 Å². The molecular weight excluding hydrogens is 252 g/mol. The first kappa shape index (κ1) is 13.8. The lowest BCUT2D eigenvalue weighted by molar-refractivity contribution is 0.0281. The number of amides is 1. The van der Waals surface area contributed by atoms with Gasteiger partial charge in [0.05, 0.1) is 0 Å². The van der Waals surface area contributed by atoms with E-state index >= 15 is 0 Å². The van der Waals surface area contributed by atoms with Crippen molar-refractivity contribution in [1.82, 2.24) is 4.90 Å². The first-order valence-electron chi connectivity index (χ1n) is 6.40. The molecule has 104 valence electrons. The summed E-state index contributed by atoms with van der Waals surface area (Å²) in [5, 5.41) is 0. The average Bonchev–Trinajstić information content (AvgIpc) is 2.46. The number of halogens is 2. The molecule has 2 rings (SSSR count). The number of hydrogen-bond acceptors (Lipinski definition) is 2. The van der Waals surface area contributed by atoms with E-state index in [9.17, 15) is 13.6 Å². The molecule has 0 unspecified atom stereocenters. The molecule has 0 spiro atoms. The quantitative estimate of drug-likeness (QED) is 0.842. The molecule has 0 radical (unpaired) electrons. The molecule has 0 atom stereocenters. The number of carbonyl (C=O) groups excluding carboxylic acids is 1. The average molecular weight is 269 g/mol. The van der Waals surface area contributed by atoms with Crippen molar-refractivity contribution >= 4 is 6.09 Å². The van der Waals surface area contributed by atoms with Gasteiger partial charge in [0.25, 0.3) is 0 Å². The van der Waals surface area contributed by atoms with Crippen molar-refractivity contribution in [2.45, 2.75) is 25.9 Å². The Morgan fingerprint density at radius 2 is 1.89 bits per heavy atom. The highest BCUT2D eigenvalue weighted by Crippen LogP contribution is 2.23. The van der Waals surface area contributed by atoms with Gasteiger partial charge in [0.1, 0.15) is 6.61 Å². The van der Waals surface area contributed by atoms with Crippen LogP contribution in [0.4, 0.5) is 13.6 Å². The number of alkyl halides is 2. The molecule has 1 saturated heterocycles. The van der Waals surface area contributed by atoms with Gasteiger partial charge in [0.15, 0.2) is 0 Å². The summed E-state index contributed by atoms with van der Waals surface area (Å²) in [4.78, 5) is 13.3. The standard InChI is InChI=1S/C14H17F2NO2/c15-13(16)12-6-8-17(9-7-12)14(18)19-10-11-4-2-1-3-5-11/h1-5,12-13H,6-10H2. The Morgan fingerprint density at radius 3 is 2.47 bits per heavy atom. The van der Waals surface area contributed by atoms with Gasteiger partial charge in [0, 0.05) is 19.0 Å². The van der Waals surface area contributed by atoms with Gasteiger partial charge in [-0.1, -0.05) is 30.3 Å². The van der Waals surface area contributed by atoms with E-state index in [4.69, 9.17) is 4.74 Å². The van der Waals surface area contributed by atoms with Crippen molar-refractivity contribution in [2.24, 2.45) is 5.92 Å². The molecule has 5 heteroatoms. The van der Waals surface area contributed by atoms with Crippen LogP contribution in [0.2, 0.25) is 0 Å². The van der Waals surface area contributed by atoms with E-state index in [2.05, 4.69) is 0 Å². The summed E-state index contributed by atoms with van der Waals surface area (Å²) < 4.78 is 30.1. The maximum atomic E-state index is 12.5. The largest absolute Gasteiger partial charge is 0.445 e. The summed E-state index contributed by atoms with van der Waals surface area (Å²) in [5.74, 6) is -0.585. The van der Waals surface area contributed by atoms with Crippen LogP contribution in [0.3, 0.4) is 0 Å². The highest BCUT2D eigenvalue weighted by molar-refractivity contribution is 5.67. The zero-order chi connectivity index (χ0) is 13.7. The first-order chi connectivity index (χ1) is 9.16. The summed E-state index contributed by atoms with van der Waals surface area (Å²) in [6, 6.07) is 9.38. The van der Waals surface area contributed by atoms with Crippen LogP contribution < -0.4 is 0 Å². The van der Waals surface area contributed by atoms with E-state index in [0.29, 0.717) is 25.9 Å². The number of hydrogen-bond donors (Lipinski definition) is 0.